The van der Waals surface area contributed by atoms with Crippen molar-refractivity contribution in [2.24, 2.45) is 0 Å². The van der Waals surface area contributed by atoms with E-state index in [0.717, 1.165) is 64.3 Å². The summed E-state index contributed by atoms with van der Waals surface area (Å²) in [5.74, 6) is 0.681. The van der Waals surface area contributed by atoms with Gasteiger partial charge in [0.25, 0.3) is 0 Å². The highest BCUT2D eigenvalue weighted by molar-refractivity contribution is 5.99. The van der Waals surface area contributed by atoms with Gasteiger partial charge in [-0.1, -0.05) is 36.4 Å². The summed E-state index contributed by atoms with van der Waals surface area (Å²) < 4.78 is 6.28. The maximum atomic E-state index is 10.4. The Bertz CT molecular complexity index is 1460. The normalized spacial score (nSPS) is 25.8. The number of rotatable bonds is 5. The van der Waals surface area contributed by atoms with Crippen LogP contribution < -0.4 is 10.1 Å². The number of likely N-dealkylation sites (N-methyl/N-ethyl adjacent to an activating group) is 1. The molecule has 37 heavy (non-hydrogen) atoms. The molecule has 1 unspecified atom stereocenters. The van der Waals surface area contributed by atoms with Gasteiger partial charge in [0.2, 0.25) is 0 Å². The fourth-order valence-corrected chi connectivity index (χ4v) is 6.85. The first-order chi connectivity index (χ1) is 18.1. The number of likely N-dealkylation sites (tertiary alicyclic amines) is 1. The minimum Gasteiger partial charge on any atom is -0.508 e. The maximum Gasteiger partial charge on any atom is 0.317 e. The molecule has 0 radical (unpaired) electrons. The summed E-state index contributed by atoms with van der Waals surface area (Å²) in [6.07, 6.45) is 7.13. The molecule has 0 aliphatic carbocycles. The first-order valence-corrected chi connectivity index (χ1v) is 13.7. The molecular weight excluding hydrogens is 460 g/mol. The molecule has 4 atom stereocenters. The van der Waals surface area contributed by atoms with Crippen LogP contribution >= 0.6 is 0 Å². The zero-order valence-corrected chi connectivity index (χ0v) is 21.4. The molecule has 1 aromatic heterocycles. The average molecular weight is 495 g/mol. The zero-order valence-electron chi connectivity index (χ0n) is 21.4. The lowest BCUT2D eigenvalue weighted by Gasteiger charge is -2.29. The average Bonchev–Trinajstić information content (AvgIpc) is 3.49. The number of ether oxygens (including phenoxy) is 1. The van der Waals surface area contributed by atoms with Crippen LogP contribution in [0.15, 0.2) is 54.6 Å². The zero-order chi connectivity index (χ0) is 24.9. The smallest absolute Gasteiger partial charge is 0.317 e. The predicted molar refractivity (Wildman–Crippen MR) is 147 cm³/mol. The lowest BCUT2D eigenvalue weighted by Crippen LogP contribution is -2.37. The minimum atomic E-state index is 0.270. The van der Waals surface area contributed by atoms with Gasteiger partial charge >= 0.3 is 6.01 Å². The third-order valence-corrected chi connectivity index (χ3v) is 8.80. The largest absolute Gasteiger partial charge is 0.508 e. The summed E-state index contributed by atoms with van der Waals surface area (Å²) in [7, 11) is 2.17. The van der Waals surface area contributed by atoms with Gasteiger partial charge in [0.05, 0.1) is 11.2 Å². The van der Waals surface area contributed by atoms with Gasteiger partial charge in [0.1, 0.15) is 12.4 Å². The van der Waals surface area contributed by atoms with Gasteiger partial charge < -0.3 is 20.1 Å². The van der Waals surface area contributed by atoms with Gasteiger partial charge in [-0.15, -0.1) is 0 Å². The standard InChI is InChI=1S/C31H34N4O2/c1-35-12-4-6-24(35)18-37-31-33-29-16-20(28-17-25(36)15-19-5-2-3-7-26(19)28)8-11-27(29)30(34-31)21-13-22-9-10-23(14-21)32-22/h2-3,5,7-8,11,15-17,21-24,32,36H,4,6,9-10,12-14,18H2,1H3/t21?,22-,23+,24-/m0/s1. The van der Waals surface area contributed by atoms with Gasteiger partial charge in [0, 0.05) is 29.4 Å². The second-order valence-electron chi connectivity index (χ2n) is 11.2. The number of piperidine rings is 1. The molecule has 190 valence electrons. The second-order valence-corrected chi connectivity index (χ2v) is 11.2. The number of hydrogen-bond donors (Lipinski definition) is 2. The molecule has 0 spiro atoms. The van der Waals surface area contributed by atoms with Crippen LogP contribution in [0.2, 0.25) is 0 Å². The van der Waals surface area contributed by atoms with Crippen LogP contribution in [0.4, 0.5) is 0 Å². The van der Waals surface area contributed by atoms with E-state index in [1.165, 1.54) is 19.3 Å². The van der Waals surface area contributed by atoms with E-state index in [-0.39, 0.29) is 5.75 Å². The van der Waals surface area contributed by atoms with Crippen LogP contribution in [0.1, 0.15) is 50.1 Å². The summed E-state index contributed by atoms with van der Waals surface area (Å²) in [6.45, 7) is 1.74. The van der Waals surface area contributed by atoms with Crippen molar-refractivity contribution in [2.75, 3.05) is 20.2 Å². The fraction of sp³-hybridized carbons (Fsp3) is 0.419. The summed E-state index contributed by atoms with van der Waals surface area (Å²) in [5, 5.41) is 17.5. The van der Waals surface area contributed by atoms with Crippen molar-refractivity contribution in [1.82, 2.24) is 20.2 Å². The van der Waals surface area contributed by atoms with Gasteiger partial charge in [-0.05, 0) is 92.2 Å². The molecule has 0 saturated carbocycles. The minimum absolute atomic E-state index is 0.270. The molecule has 3 aromatic carbocycles. The fourth-order valence-electron chi connectivity index (χ4n) is 6.85. The highest BCUT2D eigenvalue weighted by Crippen LogP contribution is 2.41. The third-order valence-electron chi connectivity index (χ3n) is 8.80. The summed E-state index contributed by atoms with van der Waals surface area (Å²) in [5.41, 5.74) is 4.09. The third kappa shape index (κ3) is 4.32. The Kier molecular flexibility index (Phi) is 5.74. The van der Waals surface area contributed by atoms with E-state index in [4.69, 9.17) is 14.7 Å². The van der Waals surface area contributed by atoms with E-state index >= 15 is 0 Å². The summed E-state index contributed by atoms with van der Waals surface area (Å²) in [4.78, 5) is 12.4. The Hall–Kier alpha value is -3.22. The number of benzene rings is 3. The molecule has 6 nitrogen and oxygen atoms in total. The molecule has 3 aliphatic heterocycles. The second kappa shape index (κ2) is 9.26. The van der Waals surface area contributed by atoms with Gasteiger partial charge in [-0.2, -0.15) is 9.97 Å². The summed E-state index contributed by atoms with van der Waals surface area (Å²) >= 11 is 0. The maximum absolute atomic E-state index is 10.4. The molecule has 3 fully saturated rings. The Balaban J connectivity index is 1.32. The number of aromatic hydroxyl groups is 1. The van der Waals surface area contributed by atoms with Crippen molar-refractivity contribution in [3.05, 3.63) is 60.3 Å². The summed E-state index contributed by atoms with van der Waals surface area (Å²) in [6, 6.07) is 20.4. The molecule has 6 heteroatoms. The highest BCUT2D eigenvalue weighted by atomic mass is 16.5. The van der Waals surface area contributed by atoms with Gasteiger partial charge in [-0.3, -0.25) is 0 Å². The SMILES string of the molecule is CN1CCC[C@H]1COc1nc(C2C[C@H]3CC[C@@H](C2)N3)c2ccc(-c3cc(O)cc4ccccc34)cc2n1. The number of aromatic nitrogens is 2. The number of fused-ring (bicyclic) bond motifs is 4. The quantitative estimate of drug-likeness (QED) is 0.375. The van der Waals surface area contributed by atoms with Gasteiger partial charge in [-0.25, -0.2) is 0 Å². The van der Waals surface area contributed by atoms with Crippen LogP contribution in [0.3, 0.4) is 0 Å². The molecule has 7 rings (SSSR count). The van der Waals surface area contributed by atoms with Gasteiger partial charge in [0.15, 0.2) is 0 Å². The van der Waals surface area contributed by atoms with E-state index in [1.807, 2.05) is 30.3 Å². The van der Waals surface area contributed by atoms with Crippen molar-refractivity contribution < 1.29 is 9.84 Å². The Morgan fingerprint density at radius 3 is 2.62 bits per heavy atom. The molecule has 3 saturated heterocycles. The topological polar surface area (TPSA) is 70.5 Å². The van der Waals surface area contributed by atoms with Crippen LogP contribution in [0, 0.1) is 0 Å². The number of phenolic OH excluding ortho intramolecular Hbond substituents is 1. The van der Waals surface area contributed by atoms with Crippen LogP contribution in [-0.2, 0) is 0 Å². The lowest BCUT2D eigenvalue weighted by atomic mass is 9.87. The molecule has 4 heterocycles. The molecule has 4 aromatic rings. The molecular formula is C31H34N4O2. The first kappa shape index (κ1) is 22.9. The molecule has 3 aliphatic rings. The monoisotopic (exact) mass is 494 g/mol. The van der Waals surface area contributed by atoms with Crippen LogP contribution in [-0.4, -0.2) is 58.3 Å². The Labute approximate surface area is 217 Å². The Morgan fingerprint density at radius 2 is 1.81 bits per heavy atom. The number of nitrogens with one attached hydrogen (secondary N) is 1. The van der Waals surface area contributed by atoms with E-state index in [0.29, 0.717) is 36.7 Å². The van der Waals surface area contributed by atoms with Crippen molar-refractivity contribution in [1.29, 1.82) is 0 Å². The van der Waals surface area contributed by atoms with Crippen LogP contribution in [0.25, 0.3) is 32.8 Å². The first-order valence-electron chi connectivity index (χ1n) is 13.7. The molecule has 2 N–H and O–H groups in total. The van der Waals surface area contributed by atoms with E-state index < -0.39 is 0 Å². The number of hydrogen-bond acceptors (Lipinski definition) is 6. The number of phenols is 1. The van der Waals surface area contributed by atoms with E-state index in [2.05, 4.69) is 41.5 Å². The predicted octanol–water partition coefficient (Wildman–Crippen LogP) is 5.63. The lowest BCUT2D eigenvalue weighted by molar-refractivity contribution is 0.187. The number of nitrogens with zero attached hydrogens (tertiary/aromatic N) is 3. The highest BCUT2D eigenvalue weighted by Gasteiger charge is 2.36. The van der Waals surface area contributed by atoms with E-state index in [1.54, 1.807) is 0 Å². The van der Waals surface area contributed by atoms with Crippen molar-refractivity contribution in [3.8, 4) is 22.9 Å². The molecule has 2 bridgehead atoms. The van der Waals surface area contributed by atoms with Crippen LogP contribution in [0.5, 0.6) is 11.8 Å². The van der Waals surface area contributed by atoms with Crippen molar-refractivity contribution in [2.45, 2.75) is 62.6 Å². The van der Waals surface area contributed by atoms with Crippen molar-refractivity contribution in [3.63, 3.8) is 0 Å². The van der Waals surface area contributed by atoms with Crippen molar-refractivity contribution >= 4 is 21.7 Å². The molecule has 0 amide bonds. The van der Waals surface area contributed by atoms with E-state index in [9.17, 15) is 5.11 Å². The Morgan fingerprint density at radius 1 is 0.973 bits per heavy atom.